The molecular weight excluding hydrogens is 258 g/mol. The lowest BCUT2D eigenvalue weighted by molar-refractivity contribution is 0.283. The highest BCUT2D eigenvalue weighted by molar-refractivity contribution is 5.41. The molecule has 0 fully saturated rings. The van der Waals surface area contributed by atoms with Crippen LogP contribution >= 0.6 is 0 Å². The van der Waals surface area contributed by atoms with E-state index in [1.54, 1.807) is 13.2 Å². The second kappa shape index (κ2) is 10.9. The first-order valence-electron chi connectivity index (χ1n) is 7.20. The van der Waals surface area contributed by atoms with Crippen molar-refractivity contribution in [3.63, 3.8) is 0 Å². The first-order chi connectivity index (χ1) is 9.98. The van der Waals surface area contributed by atoms with Crippen molar-refractivity contribution in [1.29, 1.82) is 0 Å². The van der Waals surface area contributed by atoms with E-state index in [1.807, 2.05) is 27.0 Å². The van der Waals surface area contributed by atoms with Gasteiger partial charge in [0.15, 0.2) is 0 Å². The van der Waals surface area contributed by atoms with E-state index >= 15 is 0 Å². The molecule has 0 aliphatic heterocycles. The molecule has 0 aromatic rings. The maximum atomic E-state index is 5.43. The highest BCUT2D eigenvalue weighted by Crippen LogP contribution is 2.18. The van der Waals surface area contributed by atoms with Crippen molar-refractivity contribution in [1.82, 2.24) is 5.32 Å². The van der Waals surface area contributed by atoms with E-state index in [-0.39, 0.29) is 0 Å². The van der Waals surface area contributed by atoms with E-state index in [9.17, 15) is 0 Å². The van der Waals surface area contributed by atoms with Gasteiger partial charge in [-0.3, -0.25) is 0 Å². The lowest BCUT2D eigenvalue weighted by Crippen LogP contribution is -2.08. The Morgan fingerprint density at radius 2 is 1.90 bits per heavy atom. The summed E-state index contributed by atoms with van der Waals surface area (Å²) in [5.74, 6) is 0.874. The molecule has 0 rings (SSSR count). The summed E-state index contributed by atoms with van der Waals surface area (Å²) in [6.07, 6.45) is 9.65. The average Bonchev–Trinajstić information content (AvgIpc) is 2.48. The number of allylic oxidation sites excluding steroid dienone is 7. The van der Waals surface area contributed by atoms with Gasteiger partial charge >= 0.3 is 0 Å². The summed E-state index contributed by atoms with van der Waals surface area (Å²) in [6, 6.07) is 0. The van der Waals surface area contributed by atoms with Gasteiger partial charge in [-0.2, -0.15) is 0 Å². The lowest BCUT2D eigenvalue weighted by atomic mass is 10.0. The fourth-order valence-corrected chi connectivity index (χ4v) is 1.74. The first-order valence-corrected chi connectivity index (χ1v) is 7.20. The summed E-state index contributed by atoms with van der Waals surface area (Å²) in [4.78, 5) is 0. The summed E-state index contributed by atoms with van der Waals surface area (Å²) in [7, 11) is 3.64. The zero-order valence-electron chi connectivity index (χ0n) is 14.0. The van der Waals surface area contributed by atoms with Gasteiger partial charge in [-0.25, -0.2) is 0 Å². The maximum Gasteiger partial charge on any atom is 0.100 e. The largest absolute Gasteiger partial charge is 0.501 e. The van der Waals surface area contributed by atoms with Crippen LogP contribution < -0.4 is 5.32 Å². The van der Waals surface area contributed by atoms with Gasteiger partial charge in [0.25, 0.3) is 0 Å². The Morgan fingerprint density at radius 3 is 2.33 bits per heavy atom. The van der Waals surface area contributed by atoms with Crippen LogP contribution in [0.1, 0.15) is 26.7 Å². The molecular formula is C19H29NO. The number of rotatable bonds is 10. The average molecular weight is 287 g/mol. The van der Waals surface area contributed by atoms with Crippen molar-refractivity contribution in [2.24, 2.45) is 0 Å². The van der Waals surface area contributed by atoms with E-state index in [1.165, 1.54) is 5.57 Å². The molecule has 0 unspecified atom stereocenters. The Hall–Kier alpha value is -1.80. The van der Waals surface area contributed by atoms with Crippen LogP contribution in [0.3, 0.4) is 0 Å². The fourth-order valence-electron chi connectivity index (χ4n) is 1.74. The quantitative estimate of drug-likeness (QED) is 0.464. The molecule has 0 saturated carbocycles. The monoisotopic (exact) mass is 287 g/mol. The lowest BCUT2D eigenvalue weighted by Gasteiger charge is -2.10. The molecule has 2 heteroatoms. The molecule has 116 valence electrons. The van der Waals surface area contributed by atoms with Crippen LogP contribution in [0.2, 0.25) is 0 Å². The summed E-state index contributed by atoms with van der Waals surface area (Å²) >= 11 is 0. The van der Waals surface area contributed by atoms with E-state index in [0.29, 0.717) is 6.42 Å². The molecule has 0 bridgehead atoms. The predicted octanol–water partition coefficient (Wildman–Crippen LogP) is 4.71. The number of ether oxygens (including phenoxy) is 1. The zero-order chi connectivity index (χ0) is 16.3. The highest BCUT2D eigenvalue weighted by Gasteiger charge is 2.02. The number of hydrogen-bond donors (Lipinski definition) is 1. The van der Waals surface area contributed by atoms with Crippen LogP contribution in [0.15, 0.2) is 72.1 Å². The summed E-state index contributed by atoms with van der Waals surface area (Å²) in [5, 5.41) is 3.17. The normalized spacial score (nSPS) is 13.0. The molecule has 2 nitrogen and oxygen atoms in total. The van der Waals surface area contributed by atoms with Gasteiger partial charge < -0.3 is 10.1 Å². The third-order valence-electron chi connectivity index (χ3n) is 3.15. The van der Waals surface area contributed by atoms with E-state index in [2.05, 4.69) is 37.2 Å². The molecule has 0 amide bonds. The van der Waals surface area contributed by atoms with Crippen molar-refractivity contribution in [3.05, 3.63) is 72.1 Å². The third-order valence-corrected chi connectivity index (χ3v) is 3.15. The van der Waals surface area contributed by atoms with Crippen molar-refractivity contribution in [2.75, 3.05) is 20.7 Å². The Kier molecular flexibility index (Phi) is 9.99. The topological polar surface area (TPSA) is 21.3 Å². The SMILES string of the molecule is C=CC(=C)C/C(=C/C(/C=C(/CCNC)C(=C)C)=C/C)OC. The minimum atomic E-state index is 0.671. The molecule has 0 aliphatic rings. The Morgan fingerprint density at radius 1 is 1.24 bits per heavy atom. The molecule has 21 heavy (non-hydrogen) atoms. The molecule has 0 atom stereocenters. The van der Waals surface area contributed by atoms with Crippen molar-refractivity contribution in [2.45, 2.75) is 26.7 Å². The van der Waals surface area contributed by atoms with Crippen molar-refractivity contribution < 1.29 is 4.74 Å². The number of hydrogen-bond acceptors (Lipinski definition) is 2. The van der Waals surface area contributed by atoms with Gasteiger partial charge in [0, 0.05) is 6.42 Å². The van der Waals surface area contributed by atoms with E-state index in [0.717, 1.165) is 35.4 Å². The van der Waals surface area contributed by atoms with Gasteiger partial charge in [-0.05, 0) is 56.7 Å². The van der Waals surface area contributed by atoms with Crippen LogP contribution in [-0.4, -0.2) is 20.7 Å². The predicted molar refractivity (Wildman–Crippen MR) is 94.2 cm³/mol. The van der Waals surface area contributed by atoms with Gasteiger partial charge in [0.05, 0.1) is 7.11 Å². The fraction of sp³-hybridized carbons (Fsp3) is 0.368. The minimum absolute atomic E-state index is 0.671. The second-order valence-electron chi connectivity index (χ2n) is 4.95. The van der Waals surface area contributed by atoms with E-state index in [4.69, 9.17) is 4.74 Å². The Bertz CT molecular complexity index is 464. The van der Waals surface area contributed by atoms with Crippen molar-refractivity contribution >= 4 is 0 Å². The maximum absolute atomic E-state index is 5.43. The standard InChI is InChI=1S/C19H29NO/c1-8-16(5)12-19(21-7)14-17(9-2)13-18(15(3)4)10-11-20-6/h8-9,13-14,20H,1,3,5,10-12H2,2,4,6-7H3/b17-9+,18-13-,19-14-. The third kappa shape index (κ3) is 8.16. The Labute approximate surface area is 130 Å². The molecule has 0 aromatic carbocycles. The molecule has 0 saturated heterocycles. The molecule has 0 spiro atoms. The molecule has 1 N–H and O–H groups in total. The van der Waals surface area contributed by atoms with Gasteiger partial charge in [-0.15, -0.1) is 0 Å². The van der Waals surface area contributed by atoms with Crippen LogP contribution in [-0.2, 0) is 4.74 Å². The molecule has 0 aliphatic carbocycles. The van der Waals surface area contributed by atoms with Crippen LogP contribution in [0.25, 0.3) is 0 Å². The van der Waals surface area contributed by atoms with Gasteiger partial charge in [0.1, 0.15) is 5.76 Å². The van der Waals surface area contributed by atoms with Crippen LogP contribution in [0.4, 0.5) is 0 Å². The van der Waals surface area contributed by atoms with Crippen molar-refractivity contribution in [3.8, 4) is 0 Å². The zero-order valence-corrected chi connectivity index (χ0v) is 14.0. The number of nitrogens with one attached hydrogen (secondary N) is 1. The van der Waals surface area contributed by atoms with Gasteiger partial charge in [-0.1, -0.05) is 43.5 Å². The minimum Gasteiger partial charge on any atom is -0.501 e. The molecule has 0 radical (unpaired) electrons. The highest BCUT2D eigenvalue weighted by atomic mass is 16.5. The molecule has 0 aromatic heterocycles. The first kappa shape index (κ1) is 19.2. The summed E-state index contributed by atoms with van der Waals surface area (Å²) in [6.45, 7) is 16.7. The smallest absolute Gasteiger partial charge is 0.100 e. The van der Waals surface area contributed by atoms with Gasteiger partial charge in [0.2, 0.25) is 0 Å². The van der Waals surface area contributed by atoms with Crippen LogP contribution in [0.5, 0.6) is 0 Å². The van der Waals surface area contributed by atoms with E-state index < -0.39 is 0 Å². The summed E-state index contributed by atoms with van der Waals surface area (Å²) in [5.41, 5.74) is 4.38. The van der Waals surface area contributed by atoms with Crippen LogP contribution in [0, 0.1) is 0 Å². The second-order valence-corrected chi connectivity index (χ2v) is 4.95. The Balaban J connectivity index is 5.24. The summed E-state index contributed by atoms with van der Waals surface area (Å²) < 4.78 is 5.43. The number of methoxy groups -OCH3 is 1. The molecule has 0 heterocycles.